The van der Waals surface area contributed by atoms with Crippen molar-refractivity contribution in [1.82, 2.24) is 5.32 Å². The number of ether oxygens (including phenoxy) is 2. The van der Waals surface area contributed by atoms with Gasteiger partial charge >= 0.3 is 11.9 Å². The van der Waals surface area contributed by atoms with Gasteiger partial charge in [0.25, 0.3) is 5.91 Å². The van der Waals surface area contributed by atoms with Gasteiger partial charge in [0.2, 0.25) is 0 Å². The molecule has 0 aliphatic carbocycles. The van der Waals surface area contributed by atoms with Crippen LogP contribution in [0.25, 0.3) is 0 Å². The molecule has 0 saturated carbocycles. The van der Waals surface area contributed by atoms with Crippen molar-refractivity contribution in [1.29, 1.82) is 0 Å². The summed E-state index contributed by atoms with van der Waals surface area (Å²) in [7, 11) is 0. The van der Waals surface area contributed by atoms with Crippen LogP contribution in [0.5, 0.6) is 0 Å². The highest BCUT2D eigenvalue weighted by molar-refractivity contribution is 14.1. The molecular formula is C16H20INO5. The number of hydrogen-bond donors (Lipinski definition) is 1. The molecule has 1 rings (SSSR count). The third kappa shape index (κ3) is 6.98. The fourth-order valence-electron chi connectivity index (χ4n) is 1.83. The lowest BCUT2D eigenvalue weighted by molar-refractivity contribution is -0.146. The van der Waals surface area contributed by atoms with Gasteiger partial charge in [0.1, 0.15) is 6.04 Å². The van der Waals surface area contributed by atoms with Crippen molar-refractivity contribution in [3.05, 3.63) is 33.4 Å². The van der Waals surface area contributed by atoms with Crippen LogP contribution < -0.4 is 5.32 Å². The van der Waals surface area contributed by atoms with Gasteiger partial charge < -0.3 is 14.8 Å². The van der Waals surface area contributed by atoms with Gasteiger partial charge in [-0.25, -0.2) is 4.79 Å². The molecule has 0 fully saturated rings. The molecule has 7 heteroatoms. The van der Waals surface area contributed by atoms with Crippen LogP contribution in [0.15, 0.2) is 24.3 Å². The molecule has 1 atom stereocenters. The Morgan fingerprint density at radius 3 is 2.26 bits per heavy atom. The first-order valence-electron chi connectivity index (χ1n) is 7.36. The van der Waals surface area contributed by atoms with Crippen molar-refractivity contribution < 1.29 is 23.9 Å². The lowest BCUT2D eigenvalue weighted by atomic mass is 10.1. The summed E-state index contributed by atoms with van der Waals surface area (Å²) in [6.07, 6.45) is 0.165. The zero-order valence-corrected chi connectivity index (χ0v) is 15.3. The Labute approximate surface area is 149 Å². The lowest BCUT2D eigenvalue weighted by Gasteiger charge is -2.17. The van der Waals surface area contributed by atoms with Crippen molar-refractivity contribution in [3.8, 4) is 0 Å². The minimum Gasteiger partial charge on any atom is -0.466 e. The first-order valence-corrected chi connectivity index (χ1v) is 8.44. The van der Waals surface area contributed by atoms with E-state index in [0.717, 1.165) is 3.57 Å². The van der Waals surface area contributed by atoms with Gasteiger partial charge in [-0.15, -0.1) is 0 Å². The van der Waals surface area contributed by atoms with Gasteiger partial charge in [-0.05, 0) is 67.1 Å². The molecule has 0 bridgehead atoms. The van der Waals surface area contributed by atoms with Crippen molar-refractivity contribution in [2.45, 2.75) is 32.7 Å². The van der Waals surface area contributed by atoms with E-state index >= 15 is 0 Å². The van der Waals surface area contributed by atoms with Crippen LogP contribution in [0.3, 0.4) is 0 Å². The Hall–Kier alpha value is -1.64. The fraction of sp³-hybridized carbons (Fsp3) is 0.438. The number of amides is 1. The number of esters is 2. The standard InChI is InChI=1S/C16H20INO5/c1-3-22-14(19)10-9-13(16(21)23-4-2)18-15(20)11-5-7-12(17)8-6-11/h5-8,13H,3-4,9-10H2,1-2H3,(H,18,20)/t13-/m1/s1. The number of carbonyl (C=O) groups excluding carboxylic acids is 3. The van der Waals surface area contributed by atoms with Crippen molar-refractivity contribution in [2.24, 2.45) is 0 Å². The number of carbonyl (C=O) groups is 3. The zero-order chi connectivity index (χ0) is 17.2. The van der Waals surface area contributed by atoms with E-state index in [1.807, 2.05) is 0 Å². The van der Waals surface area contributed by atoms with Crippen LogP contribution in [0.4, 0.5) is 0 Å². The number of rotatable bonds is 8. The van der Waals surface area contributed by atoms with E-state index in [-0.39, 0.29) is 32.0 Å². The molecule has 0 spiro atoms. The molecule has 6 nitrogen and oxygen atoms in total. The second-order valence-corrected chi connectivity index (χ2v) is 5.87. The highest BCUT2D eigenvalue weighted by Gasteiger charge is 2.23. The Kier molecular flexibility index (Phi) is 8.60. The number of benzene rings is 1. The Bertz CT molecular complexity index is 544. The summed E-state index contributed by atoms with van der Waals surface area (Å²) in [5, 5.41) is 2.61. The first-order chi connectivity index (χ1) is 11.0. The molecule has 0 aliphatic rings. The van der Waals surface area contributed by atoms with Crippen LogP contribution in [0.1, 0.15) is 37.0 Å². The topological polar surface area (TPSA) is 81.7 Å². The molecule has 1 aromatic carbocycles. The Balaban J connectivity index is 2.71. The first kappa shape index (κ1) is 19.4. The molecular weight excluding hydrogens is 413 g/mol. The van der Waals surface area contributed by atoms with Crippen LogP contribution in [0, 0.1) is 3.57 Å². The van der Waals surface area contributed by atoms with Crippen LogP contribution in [-0.2, 0) is 19.1 Å². The molecule has 0 aromatic heterocycles. The Morgan fingerprint density at radius 1 is 1.09 bits per heavy atom. The normalized spacial score (nSPS) is 11.4. The van der Waals surface area contributed by atoms with Gasteiger partial charge in [-0.2, -0.15) is 0 Å². The maximum atomic E-state index is 12.2. The van der Waals surface area contributed by atoms with E-state index in [4.69, 9.17) is 9.47 Å². The van der Waals surface area contributed by atoms with Crippen LogP contribution in [0.2, 0.25) is 0 Å². The van der Waals surface area contributed by atoms with Gasteiger partial charge in [0, 0.05) is 15.6 Å². The highest BCUT2D eigenvalue weighted by Crippen LogP contribution is 2.08. The average Bonchev–Trinajstić information content (AvgIpc) is 2.52. The maximum Gasteiger partial charge on any atom is 0.328 e. The number of hydrogen-bond acceptors (Lipinski definition) is 5. The monoisotopic (exact) mass is 433 g/mol. The highest BCUT2D eigenvalue weighted by atomic mass is 127. The molecule has 1 aromatic rings. The number of nitrogens with one attached hydrogen (secondary N) is 1. The van der Waals surface area contributed by atoms with E-state index in [1.165, 1.54) is 0 Å². The fourth-order valence-corrected chi connectivity index (χ4v) is 2.19. The molecule has 1 amide bonds. The van der Waals surface area contributed by atoms with Crippen molar-refractivity contribution >= 4 is 40.4 Å². The quantitative estimate of drug-likeness (QED) is 0.503. The second-order valence-electron chi connectivity index (χ2n) is 4.63. The van der Waals surface area contributed by atoms with E-state index in [0.29, 0.717) is 5.56 Å². The molecule has 0 aliphatic heterocycles. The van der Waals surface area contributed by atoms with Crippen molar-refractivity contribution in [2.75, 3.05) is 13.2 Å². The SMILES string of the molecule is CCOC(=O)CC[C@@H](NC(=O)c1ccc(I)cc1)C(=O)OCC. The average molecular weight is 433 g/mol. The Morgan fingerprint density at radius 2 is 1.70 bits per heavy atom. The maximum absolute atomic E-state index is 12.2. The van der Waals surface area contributed by atoms with Crippen LogP contribution >= 0.6 is 22.6 Å². The molecule has 0 heterocycles. The van der Waals surface area contributed by atoms with Gasteiger partial charge in [-0.3, -0.25) is 9.59 Å². The summed E-state index contributed by atoms with van der Waals surface area (Å²) in [6, 6.07) is 6.06. The summed E-state index contributed by atoms with van der Waals surface area (Å²) < 4.78 is 10.8. The lowest BCUT2D eigenvalue weighted by Crippen LogP contribution is -2.42. The summed E-state index contributed by atoms with van der Waals surface area (Å²) in [4.78, 5) is 35.6. The smallest absolute Gasteiger partial charge is 0.328 e. The molecule has 1 N–H and O–H groups in total. The predicted molar refractivity (Wildman–Crippen MR) is 92.9 cm³/mol. The van der Waals surface area contributed by atoms with Gasteiger partial charge in [0.15, 0.2) is 0 Å². The van der Waals surface area contributed by atoms with E-state index in [9.17, 15) is 14.4 Å². The third-order valence-electron chi connectivity index (χ3n) is 2.93. The minimum absolute atomic E-state index is 0.0320. The van der Waals surface area contributed by atoms with Gasteiger partial charge in [0.05, 0.1) is 13.2 Å². The molecule has 0 radical (unpaired) electrons. The largest absolute Gasteiger partial charge is 0.466 e. The molecule has 23 heavy (non-hydrogen) atoms. The molecule has 0 saturated heterocycles. The van der Waals surface area contributed by atoms with E-state index < -0.39 is 18.0 Å². The number of halogens is 1. The van der Waals surface area contributed by atoms with Gasteiger partial charge in [-0.1, -0.05) is 0 Å². The van der Waals surface area contributed by atoms with E-state index in [2.05, 4.69) is 27.9 Å². The predicted octanol–water partition coefficient (Wildman–Crippen LogP) is 2.30. The summed E-state index contributed by atoms with van der Waals surface area (Å²) >= 11 is 2.14. The summed E-state index contributed by atoms with van der Waals surface area (Å²) in [5.74, 6) is -1.36. The molecule has 0 unspecified atom stereocenters. The zero-order valence-electron chi connectivity index (χ0n) is 13.1. The molecule has 126 valence electrons. The summed E-state index contributed by atoms with van der Waals surface area (Å²) in [5.41, 5.74) is 0.441. The van der Waals surface area contributed by atoms with Crippen molar-refractivity contribution in [3.63, 3.8) is 0 Å². The minimum atomic E-state index is -0.883. The summed E-state index contributed by atoms with van der Waals surface area (Å²) in [6.45, 7) is 3.87. The second kappa shape index (κ2) is 10.2. The third-order valence-corrected chi connectivity index (χ3v) is 3.64. The van der Waals surface area contributed by atoms with Crippen LogP contribution in [-0.4, -0.2) is 37.1 Å². The van der Waals surface area contributed by atoms with E-state index in [1.54, 1.807) is 38.1 Å².